The highest BCUT2D eigenvalue weighted by Crippen LogP contribution is 2.17. The van der Waals surface area contributed by atoms with Crippen LogP contribution in [0.5, 0.6) is 0 Å². The molecule has 2 atom stereocenters. The van der Waals surface area contributed by atoms with Crippen LogP contribution in [0.4, 0.5) is 4.79 Å². The molecular weight excluding hydrogens is 248 g/mol. The van der Waals surface area contributed by atoms with Gasteiger partial charge in [0.25, 0.3) is 0 Å². The summed E-state index contributed by atoms with van der Waals surface area (Å²) in [6.45, 7) is 6.30. The Morgan fingerprint density at radius 3 is 2.26 bits per heavy atom. The van der Waals surface area contributed by atoms with Crippen LogP contribution in [-0.4, -0.2) is 56.2 Å². The Balaban J connectivity index is 0.000000982. The SMILES string of the molecule is CC(C)(C)OC(=O)N1CC(N)CC(C=O)C1.COC. The summed E-state index contributed by atoms with van der Waals surface area (Å²) in [5.74, 6) is -0.170. The van der Waals surface area contributed by atoms with Crippen molar-refractivity contribution >= 4 is 12.4 Å². The third-order valence-corrected chi connectivity index (χ3v) is 2.36. The van der Waals surface area contributed by atoms with Gasteiger partial charge >= 0.3 is 6.09 Å². The molecular formula is C13H26N2O4. The lowest BCUT2D eigenvalue weighted by molar-refractivity contribution is -0.112. The number of hydrogen-bond acceptors (Lipinski definition) is 5. The maximum Gasteiger partial charge on any atom is 0.410 e. The van der Waals surface area contributed by atoms with E-state index in [0.717, 1.165) is 6.29 Å². The zero-order valence-corrected chi connectivity index (χ0v) is 12.5. The first-order valence-electron chi connectivity index (χ1n) is 6.32. The normalized spacial score (nSPS) is 23.2. The largest absolute Gasteiger partial charge is 0.444 e. The van der Waals surface area contributed by atoms with Crippen LogP contribution in [0.2, 0.25) is 0 Å². The number of nitrogens with two attached hydrogens (primary N) is 1. The Labute approximate surface area is 115 Å². The Kier molecular flexibility index (Phi) is 7.63. The number of nitrogens with zero attached hydrogens (tertiary/aromatic N) is 1. The van der Waals surface area contributed by atoms with Crippen molar-refractivity contribution in [1.82, 2.24) is 4.90 Å². The molecule has 0 spiro atoms. The number of hydrogen-bond donors (Lipinski definition) is 1. The van der Waals surface area contributed by atoms with E-state index >= 15 is 0 Å². The average Bonchev–Trinajstić information content (AvgIpc) is 2.27. The van der Waals surface area contributed by atoms with Gasteiger partial charge in [0.15, 0.2) is 0 Å². The van der Waals surface area contributed by atoms with Crippen molar-refractivity contribution in [3.05, 3.63) is 0 Å². The molecule has 0 aromatic carbocycles. The van der Waals surface area contributed by atoms with Crippen LogP contribution >= 0.6 is 0 Å². The van der Waals surface area contributed by atoms with Crippen molar-refractivity contribution in [2.45, 2.75) is 38.8 Å². The summed E-state index contributed by atoms with van der Waals surface area (Å²) in [6.07, 6.45) is 1.11. The van der Waals surface area contributed by atoms with Gasteiger partial charge in [-0.2, -0.15) is 0 Å². The van der Waals surface area contributed by atoms with E-state index in [4.69, 9.17) is 10.5 Å². The van der Waals surface area contributed by atoms with E-state index in [1.807, 2.05) is 20.8 Å². The molecule has 1 aliphatic heterocycles. The van der Waals surface area contributed by atoms with Crippen LogP contribution in [-0.2, 0) is 14.3 Å². The van der Waals surface area contributed by atoms with Gasteiger partial charge in [0, 0.05) is 39.3 Å². The molecule has 0 aromatic rings. The van der Waals surface area contributed by atoms with Crippen LogP contribution < -0.4 is 5.73 Å². The van der Waals surface area contributed by atoms with E-state index in [9.17, 15) is 9.59 Å². The lowest BCUT2D eigenvalue weighted by Gasteiger charge is -2.35. The topological polar surface area (TPSA) is 81.9 Å². The fourth-order valence-electron chi connectivity index (χ4n) is 1.75. The standard InChI is InChI=1S/C11H20N2O3.C2H6O/c1-11(2,3)16-10(15)13-5-8(7-14)4-9(12)6-13;1-3-2/h7-9H,4-6,12H2,1-3H3;1-2H3. The Morgan fingerprint density at radius 1 is 1.32 bits per heavy atom. The van der Waals surface area contributed by atoms with Gasteiger partial charge in [0.2, 0.25) is 0 Å². The van der Waals surface area contributed by atoms with Gasteiger partial charge in [-0.15, -0.1) is 0 Å². The lowest BCUT2D eigenvalue weighted by Crippen LogP contribution is -2.51. The third-order valence-electron chi connectivity index (χ3n) is 2.36. The van der Waals surface area contributed by atoms with Gasteiger partial charge in [-0.05, 0) is 27.2 Å². The molecule has 1 rings (SSSR count). The average molecular weight is 274 g/mol. The maximum atomic E-state index is 11.8. The van der Waals surface area contributed by atoms with E-state index < -0.39 is 11.7 Å². The lowest BCUT2D eigenvalue weighted by atomic mass is 9.96. The van der Waals surface area contributed by atoms with Crippen molar-refractivity contribution < 1.29 is 19.1 Å². The van der Waals surface area contributed by atoms with E-state index in [-0.39, 0.29) is 12.0 Å². The van der Waals surface area contributed by atoms with Crippen molar-refractivity contribution in [2.24, 2.45) is 11.7 Å². The summed E-state index contributed by atoms with van der Waals surface area (Å²) in [6, 6.07) is -0.142. The van der Waals surface area contributed by atoms with E-state index in [0.29, 0.717) is 19.5 Å². The monoisotopic (exact) mass is 274 g/mol. The minimum Gasteiger partial charge on any atom is -0.444 e. The minimum atomic E-state index is -0.519. The maximum absolute atomic E-state index is 11.8. The highest BCUT2D eigenvalue weighted by molar-refractivity contribution is 5.69. The fourth-order valence-corrected chi connectivity index (χ4v) is 1.75. The molecule has 6 nitrogen and oxygen atoms in total. The molecule has 2 N–H and O–H groups in total. The number of amides is 1. The summed E-state index contributed by atoms with van der Waals surface area (Å²) in [7, 11) is 3.25. The number of rotatable bonds is 1. The van der Waals surface area contributed by atoms with E-state index in [2.05, 4.69) is 4.74 Å². The highest BCUT2D eigenvalue weighted by atomic mass is 16.6. The molecule has 1 heterocycles. The fraction of sp³-hybridized carbons (Fsp3) is 0.846. The molecule has 0 aromatic heterocycles. The number of piperidine rings is 1. The van der Waals surface area contributed by atoms with Gasteiger partial charge in [0.1, 0.15) is 11.9 Å². The summed E-state index contributed by atoms with van der Waals surface area (Å²) in [4.78, 5) is 24.0. The van der Waals surface area contributed by atoms with Crippen molar-refractivity contribution in [3.8, 4) is 0 Å². The van der Waals surface area contributed by atoms with Gasteiger partial charge in [-0.1, -0.05) is 0 Å². The minimum absolute atomic E-state index is 0.142. The van der Waals surface area contributed by atoms with Crippen LogP contribution in [0.1, 0.15) is 27.2 Å². The third kappa shape index (κ3) is 7.79. The Hall–Kier alpha value is -1.14. The molecule has 0 saturated carbocycles. The second-order valence-corrected chi connectivity index (χ2v) is 5.69. The van der Waals surface area contributed by atoms with Gasteiger partial charge in [0.05, 0.1) is 0 Å². The van der Waals surface area contributed by atoms with Crippen LogP contribution in [0.3, 0.4) is 0 Å². The predicted molar refractivity (Wildman–Crippen MR) is 72.9 cm³/mol. The second kappa shape index (κ2) is 8.12. The number of ether oxygens (including phenoxy) is 2. The van der Waals surface area contributed by atoms with Gasteiger partial charge in [-0.25, -0.2) is 4.79 Å². The number of methoxy groups -OCH3 is 1. The summed E-state index contributed by atoms with van der Waals surface area (Å²) < 4.78 is 9.48. The molecule has 1 amide bonds. The Morgan fingerprint density at radius 2 is 1.84 bits per heavy atom. The zero-order chi connectivity index (χ0) is 15.1. The molecule has 0 radical (unpaired) electrons. The smallest absolute Gasteiger partial charge is 0.410 e. The van der Waals surface area contributed by atoms with Crippen molar-refractivity contribution in [2.75, 3.05) is 27.3 Å². The first kappa shape index (κ1) is 17.9. The molecule has 6 heteroatoms. The summed E-state index contributed by atoms with van der Waals surface area (Å²) in [5, 5.41) is 0. The zero-order valence-electron chi connectivity index (χ0n) is 12.5. The molecule has 19 heavy (non-hydrogen) atoms. The molecule has 1 saturated heterocycles. The number of likely N-dealkylation sites (tertiary alicyclic amines) is 1. The molecule has 1 fully saturated rings. The predicted octanol–water partition coefficient (Wildman–Crippen LogP) is 1.03. The molecule has 0 bridgehead atoms. The first-order chi connectivity index (χ1) is 8.73. The molecule has 112 valence electrons. The highest BCUT2D eigenvalue weighted by Gasteiger charge is 2.30. The first-order valence-corrected chi connectivity index (χ1v) is 6.32. The number of carbonyl (C=O) groups excluding carboxylic acids is 2. The van der Waals surface area contributed by atoms with Gasteiger partial charge in [-0.3, -0.25) is 0 Å². The molecule has 1 aliphatic rings. The van der Waals surface area contributed by atoms with E-state index in [1.54, 1.807) is 14.2 Å². The van der Waals surface area contributed by atoms with Crippen LogP contribution in [0.25, 0.3) is 0 Å². The van der Waals surface area contributed by atoms with Crippen molar-refractivity contribution in [1.29, 1.82) is 0 Å². The van der Waals surface area contributed by atoms with Crippen LogP contribution in [0.15, 0.2) is 0 Å². The van der Waals surface area contributed by atoms with Crippen molar-refractivity contribution in [3.63, 3.8) is 0 Å². The summed E-state index contributed by atoms with van der Waals surface area (Å²) in [5.41, 5.74) is 5.27. The summed E-state index contributed by atoms with van der Waals surface area (Å²) >= 11 is 0. The van der Waals surface area contributed by atoms with Crippen LogP contribution in [0, 0.1) is 5.92 Å². The molecule has 0 aliphatic carbocycles. The van der Waals surface area contributed by atoms with Gasteiger partial charge < -0.3 is 24.9 Å². The number of aldehydes is 1. The van der Waals surface area contributed by atoms with E-state index in [1.165, 1.54) is 4.90 Å². The second-order valence-electron chi connectivity index (χ2n) is 5.69. The Bertz CT molecular complexity index is 289. The molecule has 2 unspecified atom stereocenters. The number of carbonyl (C=O) groups is 2. The quantitative estimate of drug-likeness (QED) is 0.722.